The van der Waals surface area contributed by atoms with Crippen molar-refractivity contribution in [3.8, 4) is 0 Å². The fourth-order valence-corrected chi connectivity index (χ4v) is 2.35. The van der Waals surface area contributed by atoms with Crippen LogP contribution in [0.3, 0.4) is 0 Å². The summed E-state index contributed by atoms with van der Waals surface area (Å²) < 4.78 is 0.876. The van der Waals surface area contributed by atoms with Crippen molar-refractivity contribution in [1.29, 1.82) is 0 Å². The van der Waals surface area contributed by atoms with Gasteiger partial charge in [-0.05, 0) is 34.8 Å². The minimum atomic E-state index is 0.741. The lowest BCUT2D eigenvalue weighted by Crippen LogP contribution is -2.07. The van der Waals surface area contributed by atoms with Crippen molar-refractivity contribution in [2.45, 2.75) is 26.8 Å². The molecule has 20 heavy (non-hydrogen) atoms. The van der Waals surface area contributed by atoms with E-state index in [9.17, 15) is 0 Å². The van der Waals surface area contributed by atoms with Gasteiger partial charge in [0, 0.05) is 13.1 Å². The van der Waals surface area contributed by atoms with E-state index in [-0.39, 0.29) is 0 Å². The van der Waals surface area contributed by atoms with Crippen molar-refractivity contribution in [3.63, 3.8) is 0 Å². The third-order valence-corrected chi connectivity index (χ3v) is 3.63. The average Bonchev–Trinajstić information content (AvgIpc) is 2.45. The first kappa shape index (κ1) is 14.8. The standard InChI is InChI=1S/C15H19BrN4/c1-3-7-17-14-13(16)15(20-10-19-14)18-9-12-6-4-5-11(2)8-12/h4-6,8,10H,3,7,9H2,1-2H3,(H2,17,18,19,20). The predicted molar refractivity (Wildman–Crippen MR) is 87.0 cm³/mol. The molecule has 0 saturated heterocycles. The topological polar surface area (TPSA) is 49.8 Å². The Morgan fingerprint density at radius 2 is 1.90 bits per heavy atom. The van der Waals surface area contributed by atoms with Crippen molar-refractivity contribution in [2.24, 2.45) is 0 Å². The number of halogens is 1. The van der Waals surface area contributed by atoms with Crippen LogP contribution in [0.5, 0.6) is 0 Å². The first-order chi connectivity index (χ1) is 9.70. The van der Waals surface area contributed by atoms with Gasteiger partial charge in [-0.15, -0.1) is 0 Å². The summed E-state index contributed by atoms with van der Waals surface area (Å²) in [6.07, 6.45) is 2.63. The van der Waals surface area contributed by atoms with E-state index in [2.05, 4.69) is 74.6 Å². The molecular formula is C15H19BrN4. The molecule has 0 aliphatic carbocycles. The molecule has 0 aliphatic rings. The molecule has 0 unspecified atom stereocenters. The second kappa shape index (κ2) is 7.24. The maximum absolute atomic E-state index is 4.28. The molecule has 0 atom stereocenters. The summed E-state index contributed by atoms with van der Waals surface area (Å²) >= 11 is 3.55. The Hall–Kier alpha value is -1.62. The third-order valence-electron chi connectivity index (χ3n) is 2.87. The first-order valence-corrected chi connectivity index (χ1v) is 7.53. The largest absolute Gasteiger partial charge is 0.369 e. The number of aryl methyl sites for hydroxylation is 1. The van der Waals surface area contributed by atoms with Gasteiger partial charge in [0.25, 0.3) is 0 Å². The summed E-state index contributed by atoms with van der Waals surface area (Å²) in [4.78, 5) is 8.51. The summed E-state index contributed by atoms with van der Waals surface area (Å²) in [5.41, 5.74) is 2.50. The van der Waals surface area contributed by atoms with Crippen LogP contribution < -0.4 is 10.6 Å². The van der Waals surface area contributed by atoms with Crippen LogP contribution in [0, 0.1) is 6.92 Å². The maximum atomic E-state index is 4.28. The number of hydrogen-bond donors (Lipinski definition) is 2. The zero-order valence-corrected chi connectivity index (χ0v) is 13.4. The summed E-state index contributed by atoms with van der Waals surface area (Å²) in [7, 11) is 0. The van der Waals surface area contributed by atoms with Crippen molar-refractivity contribution in [1.82, 2.24) is 9.97 Å². The quantitative estimate of drug-likeness (QED) is 0.838. The fourth-order valence-electron chi connectivity index (χ4n) is 1.87. The minimum Gasteiger partial charge on any atom is -0.369 e. The molecule has 5 heteroatoms. The smallest absolute Gasteiger partial charge is 0.146 e. The molecule has 0 saturated carbocycles. The molecule has 0 amide bonds. The van der Waals surface area contributed by atoms with Crippen LogP contribution in [-0.4, -0.2) is 16.5 Å². The number of aromatic nitrogens is 2. The van der Waals surface area contributed by atoms with Gasteiger partial charge in [0.05, 0.1) is 0 Å². The molecule has 0 bridgehead atoms. The summed E-state index contributed by atoms with van der Waals surface area (Å²) in [6, 6.07) is 8.43. The van der Waals surface area contributed by atoms with E-state index in [1.807, 2.05) is 0 Å². The van der Waals surface area contributed by atoms with Crippen molar-refractivity contribution in [3.05, 3.63) is 46.2 Å². The molecule has 2 aromatic rings. The average molecular weight is 335 g/mol. The fraction of sp³-hybridized carbons (Fsp3) is 0.333. The molecular weight excluding hydrogens is 316 g/mol. The predicted octanol–water partition coefficient (Wildman–Crippen LogP) is 3.98. The van der Waals surface area contributed by atoms with Crippen LogP contribution in [0.2, 0.25) is 0 Å². The van der Waals surface area contributed by atoms with E-state index in [1.54, 1.807) is 6.33 Å². The van der Waals surface area contributed by atoms with Crippen molar-refractivity contribution < 1.29 is 0 Å². The molecule has 1 heterocycles. The number of nitrogens with one attached hydrogen (secondary N) is 2. The van der Waals surface area contributed by atoms with Crippen LogP contribution in [0.1, 0.15) is 24.5 Å². The monoisotopic (exact) mass is 334 g/mol. The van der Waals surface area contributed by atoms with E-state index in [0.29, 0.717) is 0 Å². The van der Waals surface area contributed by atoms with Gasteiger partial charge in [0.15, 0.2) is 0 Å². The lowest BCUT2D eigenvalue weighted by Gasteiger charge is -2.11. The van der Waals surface area contributed by atoms with Gasteiger partial charge in [-0.25, -0.2) is 9.97 Å². The van der Waals surface area contributed by atoms with Gasteiger partial charge in [0.1, 0.15) is 22.4 Å². The highest BCUT2D eigenvalue weighted by Crippen LogP contribution is 2.26. The Morgan fingerprint density at radius 3 is 2.60 bits per heavy atom. The van der Waals surface area contributed by atoms with E-state index in [1.165, 1.54) is 11.1 Å². The molecule has 106 valence electrons. The van der Waals surface area contributed by atoms with Crippen LogP contribution >= 0.6 is 15.9 Å². The van der Waals surface area contributed by atoms with Crippen LogP contribution in [0.25, 0.3) is 0 Å². The summed E-state index contributed by atoms with van der Waals surface area (Å²) in [5, 5.41) is 6.61. The normalized spacial score (nSPS) is 10.3. The maximum Gasteiger partial charge on any atom is 0.146 e. The van der Waals surface area contributed by atoms with Gasteiger partial charge in [-0.3, -0.25) is 0 Å². The number of benzene rings is 1. The van der Waals surface area contributed by atoms with Crippen molar-refractivity contribution in [2.75, 3.05) is 17.2 Å². The Morgan fingerprint density at radius 1 is 1.15 bits per heavy atom. The lowest BCUT2D eigenvalue weighted by atomic mass is 10.1. The van der Waals surface area contributed by atoms with Gasteiger partial charge in [0.2, 0.25) is 0 Å². The molecule has 0 radical (unpaired) electrons. The second-order valence-corrected chi connectivity index (χ2v) is 5.45. The molecule has 2 rings (SSSR count). The first-order valence-electron chi connectivity index (χ1n) is 6.74. The van der Waals surface area contributed by atoms with E-state index >= 15 is 0 Å². The minimum absolute atomic E-state index is 0.741. The summed E-state index contributed by atoms with van der Waals surface area (Å²) in [6.45, 7) is 5.85. The van der Waals surface area contributed by atoms with Crippen LogP contribution in [0.4, 0.5) is 11.6 Å². The third kappa shape index (κ3) is 3.93. The second-order valence-electron chi connectivity index (χ2n) is 4.65. The van der Waals surface area contributed by atoms with Gasteiger partial charge in [-0.2, -0.15) is 0 Å². The highest BCUT2D eigenvalue weighted by atomic mass is 79.9. The van der Waals surface area contributed by atoms with Gasteiger partial charge < -0.3 is 10.6 Å². The number of anilines is 2. The highest BCUT2D eigenvalue weighted by molar-refractivity contribution is 9.10. The lowest BCUT2D eigenvalue weighted by molar-refractivity contribution is 0.960. The molecule has 0 spiro atoms. The molecule has 1 aromatic carbocycles. The van der Waals surface area contributed by atoms with E-state index in [0.717, 1.165) is 35.6 Å². The molecule has 2 N–H and O–H groups in total. The van der Waals surface area contributed by atoms with Crippen LogP contribution in [0.15, 0.2) is 35.1 Å². The zero-order valence-electron chi connectivity index (χ0n) is 11.8. The Bertz CT molecular complexity index is 572. The number of rotatable bonds is 6. The highest BCUT2D eigenvalue weighted by Gasteiger charge is 2.07. The Kier molecular flexibility index (Phi) is 5.35. The molecule has 0 aliphatic heterocycles. The van der Waals surface area contributed by atoms with Gasteiger partial charge >= 0.3 is 0 Å². The zero-order chi connectivity index (χ0) is 14.4. The van der Waals surface area contributed by atoms with Crippen LogP contribution in [-0.2, 0) is 6.54 Å². The number of hydrogen-bond acceptors (Lipinski definition) is 4. The molecule has 0 fully saturated rings. The van der Waals surface area contributed by atoms with Gasteiger partial charge in [-0.1, -0.05) is 36.8 Å². The Labute approximate surface area is 128 Å². The SMILES string of the molecule is CCCNc1ncnc(NCc2cccc(C)c2)c1Br. The number of nitrogens with zero attached hydrogens (tertiary/aromatic N) is 2. The Balaban J connectivity index is 2.06. The van der Waals surface area contributed by atoms with E-state index in [4.69, 9.17) is 0 Å². The molecule has 1 aromatic heterocycles. The van der Waals surface area contributed by atoms with Crippen molar-refractivity contribution >= 4 is 27.6 Å². The summed E-state index contributed by atoms with van der Waals surface area (Å²) in [5.74, 6) is 1.63. The molecule has 4 nitrogen and oxygen atoms in total. The van der Waals surface area contributed by atoms with E-state index < -0.39 is 0 Å².